The van der Waals surface area contributed by atoms with Crippen LogP contribution in [0.25, 0.3) is 0 Å². The fraction of sp³-hybridized carbons (Fsp3) is 1.00. The quantitative estimate of drug-likeness (QED) is 0.619. The molecule has 0 saturated carbocycles. The van der Waals surface area contributed by atoms with Gasteiger partial charge in [0.15, 0.2) is 0 Å². The third-order valence-corrected chi connectivity index (χ3v) is 2.32. The summed E-state index contributed by atoms with van der Waals surface area (Å²) in [6, 6.07) is 0. The van der Waals surface area contributed by atoms with Gasteiger partial charge >= 0.3 is 0 Å². The van der Waals surface area contributed by atoms with E-state index in [-0.39, 0.29) is 5.54 Å². The molecule has 0 aromatic rings. The van der Waals surface area contributed by atoms with E-state index in [4.69, 9.17) is 9.47 Å². The van der Waals surface area contributed by atoms with E-state index < -0.39 is 0 Å². The molecular formula is C13H29NO2. The number of hydrogen-bond acceptors (Lipinski definition) is 3. The van der Waals surface area contributed by atoms with Crippen molar-refractivity contribution in [2.45, 2.75) is 58.6 Å². The summed E-state index contributed by atoms with van der Waals surface area (Å²) >= 11 is 0. The van der Waals surface area contributed by atoms with Crippen LogP contribution in [-0.4, -0.2) is 38.5 Å². The summed E-state index contributed by atoms with van der Waals surface area (Å²) in [5, 5.41) is 3.49. The second-order valence-corrected chi connectivity index (χ2v) is 5.26. The molecule has 3 heteroatoms. The maximum atomic E-state index is 5.84. The molecule has 1 atom stereocenters. The Morgan fingerprint density at radius 3 is 2.38 bits per heavy atom. The SMILES string of the molecule is CCCC(CNC(C)(C)C)OCCCOC. The van der Waals surface area contributed by atoms with E-state index in [9.17, 15) is 0 Å². The van der Waals surface area contributed by atoms with Gasteiger partial charge < -0.3 is 14.8 Å². The lowest BCUT2D eigenvalue weighted by atomic mass is 10.1. The summed E-state index contributed by atoms with van der Waals surface area (Å²) in [5.74, 6) is 0. The predicted molar refractivity (Wildman–Crippen MR) is 68.9 cm³/mol. The van der Waals surface area contributed by atoms with Crippen LogP contribution in [0.1, 0.15) is 47.0 Å². The highest BCUT2D eigenvalue weighted by atomic mass is 16.5. The monoisotopic (exact) mass is 231 g/mol. The lowest BCUT2D eigenvalue weighted by Gasteiger charge is -2.25. The average Bonchev–Trinajstić information content (AvgIpc) is 2.19. The maximum Gasteiger partial charge on any atom is 0.0699 e. The van der Waals surface area contributed by atoms with E-state index in [1.165, 1.54) is 6.42 Å². The van der Waals surface area contributed by atoms with Crippen molar-refractivity contribution >= 4 is 0 Å². The minimum Gasteiger partial charge on any atom is -0.385 e. The predicted octanol–water partition coefficient (Wildman–Crippen LogP) is 2.60. The molecule has 0 fully saturated rings. The molecule has 98 valence electrons. The van der Waals surface area contributed by atoms with Crippen molar-refractivity contribution in [3.8, 4) is 0 Å². The first-order valence-electron chi connectivity index (χ1n) is 6.35. The Balaban J connectivity index is 3.70. The van der Waals surface area contributed by atoms with E-state index in [1.54, 1.807) is 7.11 Å². The minimum atomic E-state index is 0.169. The van der Waals surface area contributed by atoms with Crippen LogP contribution in [0.15, 0.2) is 0 Å². The molecule has 1 unspecified atom stereocenters. The summed E-state index contributed by atoms with van der Waals surface area (Å²) in [6.45, 7) is 11.3. The Morgan fingerprint density at radius 2 is 1.88 bits per heavy atom. The van der Waals surface area contributed by atoms with Crippen molar-refractivity contribution in [1.29, 1.82) is 0 Å². The topological polar surface area (TPSA) is 30.5 Å². The summed E-state index contributed by atoms with van der Waals surface area (Å²) in [4.78, 5) is 0. The lowest BCUT2D eigenvalue weighted by Crippen LogP contribution is -2.41. The Morgan fingerprint density at radius 1 is 1.19 bits per heavy atom. The van der Waals surface area contributed by atoms with Crippen molar-refractivity contribution in [2.24, 2.45) is 0 Å². The first-order chi connectivity index (χ1) is 7.49. The molecule has 3 nitrogen and oxygen atoms in total. The molecule has 0 aliphatic rings. The molecule has 0 bridgehead atoms. The van der Waals surface area contributed by atoms with Crippen molar-refractivity contribution in [2.75, 3.05) is 26.9 Å². The number of ether oxygens (including phenoxy) is 2. The van der Waals surface area contributed by atoms with Crippen LogP contribution >= 0.6 is 0 Å². The first-order valence-corrected chi connectivity index (χ1v) is 6.35. The standard InChI is InChI=1S/C13H29NO2/c1-6-8-12(11-14-13(2,3)4)16-10-7-9-15-5/h12,14H,6-11H2,1-5H3. The zero-order chi connectivity index (χ0) is 12.4. The van der Waals surface area contributed by atoms with Gasteiger partial charge in [0.25, 0.3) is 0 Å². The van der Waals surface area contributed by atoms with Crippen LogP contribution in [0.3, 0.4) is 0 Å². The minimum absolute atomic E-state index is 0.169. The Bertz CT molecular complexity index is 155. The van der Waals surface area contributed by atoms with Crippen LogP contribution in [0.2, 0.25) is 0 Å². The maximum absolute atomic E-state index is 5.84. The van der Waals surface area contributed by atoms with Gasteiger partial charge in [-0.2, -0.15) is 0 Å². The largest absolute Gasteiger partial charge is 0.385 e. The van der Waals surface area contributed by atoms with Gasteiger partial charge in [-0.3, -0.25) is 0 Å². The highest BCUT2D eigenvalue weighted by molar-refractivity contribution is 4.73. The normalized spacial score (nSPS) is 14.1. The van der Waals surface area contributed by atoms with Gasteiger partial charge in [0, 0.05) is 32.4 Å². The van der Waals surface area contributed by atoms with E-state index in [0.29, 0.717) is 6.10 Å². The van der Waals surface area contributed by atoms with Crippen molar-refractivity contribution in [1.82, 2.24) is 5.32 Å². The fourth-order valence-electron chi connectivity index (χ4n) is 1.44. The molecule has 16 heavy (non-hydrogen) atoms. The number of nitrogens with one attached hydrogen (secondary N) is 1. The molecular weight excluding hydrogens is 202 g/mol. The Hall–Kier alpha value is -0.120. The van der Waals surface area contributed by atoms with E-state index in [1.807, 2.05) is 0 Å². The second-order valence-electron chi connectivity index (χ2n) is 5.26. The highest BCUT2D eigenvalue weighted by Gasteiger charge is 2.13. The van der Waals surface area contributed by atoms with Crippen LogP contribution in [0, 0.1) is 0 Å². The smallest absolute Gasteiger partial charge is 0.0699 e. The molecule has 0 radical (unpaired) electrons. The lowest BCUT2D eigenvalue weighted by molar-refractivity contribution is 0.0310. The Kier molecular flexibility index (Phi) is 8.90. The number of rotatable bonds is 9. The molecule has 0 aliphatic heterocycles. The number of methoxy groups -OCH3 is 1. The third kappa shape index (κ3) is 10.4. The van der Waals surface area contributed by atoms with Gasteiger partial charge in [-0.15, -0.1) is 0 Å². The summed E-state index contributed by atoms with van der Waals surface area (Å²) in [5.41, 5.74) is 0.169. The van der Waals surface area contributed by atoms with Crippen LogP contribution in [0.4, 0.5) is 0 Å². The van der Waals surface area contributed by atoms with Gasteiger partial charge in [-0.1, -0.05) is 13.3 Å². The molecule has 0 rings (SSSR count). The van der Waals surface area contributed by atoms with Crippen molar-refractivity contribution < 1.29 is 9.47 Å². The van der Waals surface area contributed by atoms with Gasteiger partial charge in [-0.25, -0.2) is 0 Å². The molecule has 0 aromatic carbocycles. The molecule has 0 amide bonds. The molecule has 0 aromatic heterocycles. The summed E-state index contributed by atoms with van der Waals surface area (Å²) in [7, 11) is 1.73. The molecule has 0 spiro atoms. The van der Waals surface area contributed by atoms with E-state index in [0.717, 1.165) is 32.6 Å². The van der Waals surface area contributed by atoms with Gasteiger partial charge in [0.05, 0.1) is 6.10 Å². The van der Waals surface area contributed by atoms with Crippen LogP contribution in [0.5, 0.6) is 0 Å². The molecule has 1 N–H and O–H groups in total. The van der Waals surface area contributed by atoms with Gasteiger partial charge in [0.1, 0.15) is 0 Å². The van der Waals surface area contributed by atoms with E-state index in [2.05, 4.69) is 33.0 Å². The van der Waals surface area contributed by atoms with Crippen LogP contribution in [-0.2, 0) is 9.47 Å². The second kappa shape index (κ2) is 8.97. The Labute approximate surface area is 101 Å². The summed E-state index contributed by atoms with van der Waals surface area (Å²) in [6.07, 6.45) is 3.60. The molecule has 0 aliphatic carbocycles. The van der Waals surface area contributed by atoms with E-state index >= 15 is 0 Å². The number of hydrogen-bond donors (Lipinski definition) is 1. The fourth-order valence-corrected chi connectivity index (χ4v) is 1.44. The van der Waals surface area contributed by atoms with Crippen molar-refractivity contribution in [3.05, 3.63) is 0 Å². The average molecular weight is 231 g/mol. The molecule has 0 heterocycles. The van der Waals surface area contributed by atoms with Crippen molar-refractivity contribution in [3.63, 3.8) is 0 Å². The molecule has 0 saturated heterocycles. The van der Waals surface area contributed by atoms with Gasteiger partial charge in [0.2, 0.25) is 0 Å². The van der Waals surface area contributed by atoms with Crippen LogP contribution < -0.4 is 5.32 Å². The third-order valence-electron chi connectivity index (χ3n) is 2.32. The highest BCUT2D eigenvalue weighted by Crippen LogP contribution is 2.05. The first kappa shape index (κ1) is 15.9. The van der Waals surface area contributed by atoms with Gasteiger partial charge in [-0.05, 0) is 33.6 Å². The zero-order valence-corrected chi connectivity index (χ0v) is 11.6. The zero-order valence-electron chi connectivity index (χ0n) is 11.6. The summed E-state index contributed by atoms with van der Waals surface area (Å²) < 4.78 is 10.8.